The van der Waals surface area contributed by atoms with Crippen LogP contribution < -0.4 is 9.80 Å². The molecular formula is C32H34N8O2S. The van der Waals surface area contributed by atoms with Crippen molar-refractivity contribution in [3.8, 4) is 17.3 Å². The van der Waals surface area contributed by atoms with E-state index in [1.165, 1.54) is 16.9 Å². The molecule has 4 aliphatic rings. The molecule has 6 heterocycles. The third-order valence-corrected chi connectivity index (χ3v) is 10.4. The number of aromatic nitrogens is 4. The molecule has 3 saturated heterocycles. The number of benzene rings is 1. The summed E-state index contributed by atoms with van der Waals surface area (Å²) in [5, 5.41) is 16.7. The number of likely N-dealkylation sites (tertiary alicyclic amines) is 1. The molecule has 10 nitrogen and oxygen atoms in total. The second-order valence-corrected chi connectivity index (χ2v) is 13.8. The fourth-order valence-corrected chi connectivity index (χ4v) is 7.74. The Morgan fingerprint density at radius 2 is 1.88 bits per heavy atom. The number of ether oxygens (including phenoxy) is 1. The van der Waals surface area contributed by atoms with Gasteiger partial charge in [0, 0.05) is 50.8 Å². The molecule has 4 aromatic rings. The second kappa shape index (κ2) is 9.76. The topological polar surface area (TPSA) is 103 Å². The number of aryl methyl sites for hydroxylation is 2. The minimum atomic E-state index is 0.0378. The molecule has 1 amide bonds. The molecule has 3 aliphatic heterocycles. The number of rotatable bonds is 6. The number of pyridine rings is 1. The molecule has 0 bridgehead atoms. The maximum Gasteiger partial charge on any atom is 0.228 e. The number of carbonyl (C=O) groups is 1. The highest BCUT2D eigenvalue weighted by Gasteiger charge is 2.54. The van der Waals surface area contributed by atoms with Gasteiger partial charge in [-0.3, -0.25) is 4.79 Å². The summed E-state index contributed by atoms with van der Waals surface area (Å²) in [5.74, 6) is 1.26. The number of thiazole rings is 1. The summed E-state index contributed by atoms with van der Waals surface area (Å²) in [6, 6.07) is 13.1. The van der Waals surface area contributed by atoms with E-state index in [-0.39, 0.29) is 17.2 Å². The second-order valence-electron chi connectivity index (χ2n) is 12.8. The monoisotopic (exact) mass is 594 g/mol. The molecule has 0 radical (unpaired) electrons. The molecule has 1 aliphatic carbocycles. The Labute approximate surface area is 254 Å². The number of carbonyl (C=O) groups excluding carboxylic acids is 1. The van der Waals surface area contributed by atoms with Crippen molar-refractivity contribution >= 4 is 44.9 Å². The van der Waals surface area contributed by atoms with Gasteiger partial charge in [-0.25, -0.2) is 14.6 Å². The Kier molecular flexibility index (Phi) is 6.04. The first-order valence-corrected chi connectivity index (χ1v) is 15.9. The Morgan fingerprint density at radius 3 is 2.56 bits per heavy atom. The van der Waals surface area contributed by atoms with Crippen molar-refractivity contribution in [1.82, 2.24) is 24.6 Å². The highest BCUT2D eigenvalue weighted by Crippen LogP contribution is 2.47. The van der Waals surface area contributed by atoms with E-state index >= 15 is 0 Å². The van der Waals surface area contributed by atoms with Crippen molar-refractivity contribution in [3.63, 3.8) is 0 Å². The van der Waals surface area contributed by atoms with Crippen LogP contribution in [0.3, 0.4) is 0 Å². The lowest BCUT2D eigenvalue weighted by molar-refractivity contribution is -0.149. The van der Waals surface area contributed by atoms with Crippen LogP contribution >= 0.6 is 11.3 Å². The number of anilines is 3. The third-order valence-electron chi connectivity index (χ3n) is 9.40. The van der Waals surface area contributed by atoms with Crippen LogP contribution in [0.15, 0.2) is 30.3 Å². The van der Waals surface area contributed by atoms with Gasteiger partial charge in [0.1, 0.15) is 22.5 Å². The average Bonchev–Trinajstić information content (AvgIpc) is 3.33. The SMILES string of the molecule is Cc1ccc(-c2nc(N(C)c3c4cc(N5CC6(CN(C(=O)[C@H]7CCOC7)C6)C5)c(C)nc4nn3C3CC3)sc2C#N)cc1. The highest BCUT2D eigenvalue weighted by atomic mass is 32.1. The van der Waals surface area contributed by atoms with Crippen LogP contribution in [0, 0.1) is 36.5 Å². The first-order valence-electron chi connectivity index (χ1n) is 15.1. The minimum absolute atomic E-state index is 0.0378. The first kappa shape index (κ1) is 26.6. The summed E-state index contributed by atoms with van der Waals surface area (Å²) >= 11 is 1.41. The predicted octanol–water partition coefficient (Wildman–Crippen LogP) is 4.83. The average molecular weight is 595 g/mol. The van der Waals surface area contributed by atoms with Gasteiger partial charge in [-0.2, -0.15) is 10.4 Å². The third kappa shape index (κ3) is 4.38. The molecule has 220 valence electrons. The van der Waals surface area contributed by atoms with Crippen molar-refractivity contribution in [2.24, 2.45) is 11.3 Å². The lowest BCUT2D eigenvalue weighted by Gasteiger charge is -2.61. The zero-order valence-electron chi connectivity index (χ0n) is 24.7. The van der Waals surface area contributed by atoms with Crippen LogP contribution in [0.2, 0.25) is 0 Å². The van der Waals surface area contributed by atoms with E-state index < -0.39 is 0 Å². The van der Waals surface area contributed by atoms with Gasteiger partial charge in [-0.15, -0.1) is 0 Å². The highest BCUT2D eigenvalue weighted by molar-refractivity contribution is 7.16. The van der Waals surface area contributed by atoms with E-state index in [9.17, 15) is 10.1 Å². The van der Waals surface area contributed by atoms with E-state index in [0.717, 1.165) is 84.4 Å². The Morgan fingerprint density at radius 1 is 1.12 bits per heavy atom. The first-order chi connectivity index (χ1) is 20.8. The maximum absolute atomic E-state index is 12.8. The van der Waals surface area contributed by atoms with E-state index in [1.54, 1.807) is 0 Å². The van der Waals surface area contributed by atoms with Crippen molar-refractivity contribution < 1.29 is 9.53 Å². The van der Waals surface area contributed by atoms with E-state index in [1.807, 2.05) is 36.2 Å². The van der Waals surface area contributed by atoms with Crippen LogP contribution in [0.4, 0.5) is 16.6 Å². The zero-order chi connectivity index (χ0) is 29.5. The van der Waals surface area contributed by atoms with Crippen LogP contribution in [0.1, 0.15) is 41.4 Å². The molecule has 0 unspecified atom stereocenters. The van der Waals surface area contributed by atoms with Gasteiger partial charge >= 0.3 is 0 Å². The molecule has 43 heavy (non-hydrogen) atoms. The molecule has 1 atom stereocenters. The summed E-state index contributed by atoms with van der Waals surface area (Å²) in [6.07, 6.45) is 3.03. The van der Waals surface area contributed by atoms with Crippen molar-refractivity contribution in [2.75, 3.05) is 56.2 Å². The quantitative estimate of drug-likeness (QED) is 0.313. The van der Waals surface area contributed by atoms with E-state index in [4.69, 9.17) is 19.8 Å². The summed E-state index contributed by atoms with van der Waals surface area (Å²) in [5.41, 5.74) is 5.83. The van der Waals surface area contributed by atoms with E-state index in [0.29, 0.717) is 29.8 Å². The normalized spacial score (nSPS) is 20.7. The van der Waals surface area contributed by atoms with Gasteiger partial charge in [0.2, 0.25) is 5.91 Å². The molecule has 1 saturated carbocycles. The summed E-state index contributed by atoms with van der Waals surface area (Å²) < 4.78 is 7.54. The van der Waals surface area contributed by atoms with Gasteiger partial charge in [-0.1, -0.05) is 41.2 Å². The molecule has 4 fully saturated rings. The van der Waals surface area contributed by atoms with Gasteiger partial charge in [0.05, 0.1) is 35.3 Å². The van der Waals surface area contributed by atoms with E-state index in [2.05, 4.69) is 40.5 Å². The molecule has 0 N–H and O–H groups in total. The van der Waals surface area contributed by atoms with Gasteiger partial charge in [0.15, 0.2) is 10.8 Å². The van der Waals surface area contributed by atoms with Crippen LogP contribution in [-0.4, -0.2) is 77.0 Å². The largest absolute Gasteiger partial charge is 0.381 e. The Hall–Kier alpha value is -4.01. The number of hydrogen-bond donors (Lipinski definition) is 0. The molecule has 8 rings (SSSR count). The predicted molar refractivity (Wildman–Crippen MR) is 166 cm³/mol. The fraction of sp³-hybridized carbons (Fsp3) is 0.469. The van der Waals surface area contributed by atoms with Gasteiger partial charge < -0.3 is 19.4 Å². The molecule has 1 aromatic carbocycles. The number of amides is 1. The molecule has 11 heteroatoms. The Bertz CT molecular complexity index is 1780. The lowest BCUT2D eigenvalue weighted by Crippen LogP contribution is -2.73. The van der Waals surface area contributed by atoms with Crippen molar-refractivity contribution in [3.05, 3.63) is 46.5 Å². The summed E-state index contributed by atoms with van der Waals surface area (Å²) in [6.45, 7) is 8.88. The molecule has 3 aromatic heterocycles. The lowest BCUT2D eigenvalue weighted by atomic mass is 9.72. The Balaban J connectivity index is 1.08. The van der Waals surface area contributed by atoms with Crippen molar-refractivity contribution in [2.45, 2.75) is 39.2 Å². The van der Waals surface area contributed by atoms with Crippen LogP contribution in [-0.2, 0) is 9.53 Å². The molecule has 1 spiro atoms. The fourth-order valence-electron chi connectivity index (χ4n) is 6.89. The molecular weight excluding hydrogens is 560 g/mol. The number of nitriles is 1. The maximum atomic E-state index is 12.8. The summed E-state index contributed by atoms with van der Waals surface area (Å²) in [7, 11) is 2.02. The van der Waals surface area contributed by atoms with Crippen LogP contribution in [0.25, 0.3) is 22.3 Å². The zero-order valence-corrected chi connectivity index (χ0v) is 25.5. The number of hydrogen-bond acceptors (Lipinski definition) is 9. The van der Waals surface area contributed by atoms with Gasteiger partial charge in [0.25, 0.3) is 0 Å². The van der Waals surface area contributed by atoms with Crippen LogP contribution in [0.5, 0.6) is 0 Å². The minimum Gasteiger partial charge on any atom is -0.381 e. The van der Waals surface area contributed by atoms with Crippen molar-refractivity contribution in [1.29, 1.82) is 5.26 Å². The number of fused-ring (bicyclic) bond motifs is 1. The summed E-state index contributed by atoms with van der Waals surface area (Å²) in [4.78, 5) is 29.8. The number of nitrogens with zero attached hydrogens (tertiary/aromatic N) is 8. The standard InChI is InChI=1S/C32H34N8O2S/c1-19-4-6-21(7-5-19)27-26(13-33)43-31(35-27)37(3)29-24-12-25(20(2)34-28(24)36-40(29)23-8-9-23)38-15-32(16-38)17-39(18-32)30(41)22-10-11-42-14-22/h4-7,12,22-23H,8-11,14-18H2,1-3H3/t22-/m0/s1. The smallest absolute Gasteiger partial charge is 0.228 e. The van der Waals surface area contributed by atoms with Gasteiger partial charge in [-0.05, 0) is 39.2 Å².